The first-order valence-electron chi connectivity index (χ1n) is 5.70. The maximum atomic E-state index is 11.2. The Morgan fingerprint density at radius 3 is 2.71 bits per heavy atom. The van der Waals surface area contributed by atoms with E-state index in [4.69, 9.17) is 5.11 Å². The molecule has 0 amide bonds. The minimum Gasteiger partial charge on any atom is -0.478 e. The van der Waals surface area contributed by atoms with E-state index in [0.29, 0.717) is 30.8 Å². The van der Waals surface area contributed by atoms with Gasteiger partial charge in [-0.3, -0.25) is 0 Å². The number of carboxylic acid groups (broad SMARTS) is 1. The Bertz CT molecular complexity index is 454. The number of benzene rings is 1. The molecular formula is C13H17NO3. The summed E-state index contributed by atoms with van der Waals surface area (Å²) in [4.78, 5) is 13.1. The molecule has 92 valence electrons. The number of nitrogens with zero attached hydrogens (tertiary/aromatic N) is 1. The lowest BCUT2D eigenvalue weighted by Crippen LogP contribution is -2.30. The smallest absolute Gasteiger partial charge is 0.337 e. The Hall–Kier alpha value is -1.55. The van der Waals surface area contributed by atoms with Gasteiger partial charge in [-0.25, -0.2) is 4.79 Å². The SMILES string of the molecule is Cc1ccc(C(=O)O)c(N2CCC(C)(O)C2)c1. The van der Waals surface area contributed by atoms with Crippen molar-refractivity contribution < 1.29 is 15.0 Å². The highest BCUT2D eigenvalue weighted by Crippen LogP contribution is 2.29. The largest absolute Gasteiger partial charge is 0.478 e. The standard InChI is InChI=1S/C13H17NO3/c1-9-3-4-10(12(15)16)11(7-9)14-6-5-13(2,17)8-14/h3-4,7,17H,5-6,8H2,1-2H3,(H,15,16). The highest BCUT2D eigenvalue weighted by atomic mass is 16.4. The molecule has 0 bridgehead atoms. The average Bonchev–Trinajstić information content (AvgIpc) is 2.58. The summed E-state index contributed by atoms with van der Waals surface area (Å²) in [6.07, 6.45) is 0.667. The molecule has 2 rings (SSSR count). The number of anilines is 1. The molecule has 1 heterocycles. The Balaban J connectivity index is 2.38. The van der Waals surface area contributed by atoms with Gasteiger partial charge in [0.05, 0.1) is 16.9 Å². The van der Waals surface area contributed by atoms with Crippen LogP contribution in [-0.2, 0) is 0 Å². The van der Waals surface area contributed by atoms with Gasteiger partial charge in [0.25, 0.3) is 0 Å². The van der Waals surface area contributed by atoms with Crippen molar-refractivity contribution in [2.45, 2.75) is 25.9 Å². The van der Waals surface area contributed by atoms with Crippen LogP contribution in [0.25, 0.3) is 0 Å². The number of rotatable bonds is 2. The van der Waals surface area contributed by atoms with Crippen molar-refractivity contribution in [1.29, 1.82) is 0 Å². The minimum absolute atomic E-state index is 0.299. The summed E-state index contributed by atoms with van der Waals surface area (Å²) >= 11 is 0. The third kappa shape index (κ3) is 2.42. The first-order chi connectivity index (χ1) is 7.89. The van der Waals surface area contributed by atoms with Crippen LogP contribution in [0.3, 0.4) is 0 Å². The number of β-amino-alcohol motifs (C(OH)–C–C–N with tert-alkyl or cyclic N) is 1. The van der Waals surface area contributed by atoms with E-state index in [1.54, 1.807) is 19.1 Å². The summed E-state index contributed by atoms with van der Waals surface area (Å²) in [5, 5.41) is 19.1. The molecule has 1 aliphatic heterocycles. The Labute approximate surface area is 100 Å². The van der Waals surface area contributed by atoms with Gasteiger partial charge in [-0.15, -0.1) is 0 Å². The number of aryl methyl sites for hydroxylation is 1. The second-order valence-electron chi connectivity index (χ2n) is 4.99. The normalized spacial score (nSPS) is 24.1. The lowest BCUT2D eigenvalue weighted by atomic mass is 10.1. The highest BCUT2D eigenvalue weighted by molar-refractivity contribution is 5.94. The molecule has 0 saturated carbocycles. The van der Waals surface area contributed by atoms with Crippen LogP contribution >= 0.6 is 0 Å². The molecule has 1 fully saturated rings. The zero-order valence-electron chi connectivity index (χ0n) is 10.1. The van der Waals surface area contributed by atoms with Crippen LogP contribution in [0.1, 0.15) is 29.3 Å². The van der Waals surface area contributed by atoms with Crippen molar-refractivity contribution in [1.82, 2.24) is 0 Å². The number of aliphatic hydroxyl groups is 1. The van der Waals surface area contributed by atoms with Crippen molar-refractivity contribution in [2.24, 2.45) is 0 Å². The van der Waals surface area contributed by atoms with Crippen molar-refractivity contribution in [3.8, 4) is 0 Å². The second kappa shape index (κ2) is 4.04. The average molecular weight is 235 g/mol. The molecule has 4 heteroatoms. The molecule has 0 aliphatic carbocycles. The quantitative estimate of drug-likeness (QED) is 0.818. The van der Waals surface area contributed by atoms with Crippen LogP contribution in [0.4, 0.5) is 5.69 Å². The number of aromatic carboxylic acids is 1. The van der Waals surface area contributed by atoms with E-state index in [1.807, 2.05) is 17.9 Å². The zero-order chi connectivity index (χ0) is 12.6. The maximum Gasteiger partial charge on any atom is 0.337 e. The van der Waals surface area contributed by atoms with Gasteiger partial charge in [-0.2, -0.15) is 0 Å². The van der Waals surface area contributed by atoms with Crippen molar-refractivity contribution in [3.63, 3.8) is 0 Å². The molecule has 0 aromatic heterocycles. The van der Waals surface area contributed by atoms with Gasteiger partial charge in [-0.05, 0) is 38.0 Å². The van der Waals surface area contributed by atoms with Crippen molar-refractivity contribution in [2.75, 3.05) is 18.0 Å². The number of carboxylic acids is 1. The molecule has 1 aromatic rings. The number of hydrogen-bond donors (Lipinski definition) is 2. The number of hydrogen-bond acceptors (Lipinski definition) is 3. The van der Waals surface area contributed by atoms with E-state index in [9.17, 15) is 9.90 Å². The Morgan fingerprint density at radius 1 is 1.47 bits per heavy atom. The lowest BCUT2D eigenvalue weighted by Gasteiger charge is -2.22. The molecule has 0 radical (unpaired) electrons. The van der Waals surface area contributed by atoms with Gasteiger partial charge in [0, 0.05) is 13.1 Å². The fourth-order valence-electron chi connectivity index (χ4n) is 2.23. The van der Waals surface area contributed by atoms with Crippen molar-refractivity contribution >= 4 is 11.7 Å². The Kier molecular flexibility index (Phi) is 2.83. The van der Waals surface area contributed by atoms with Gasteiger partial charge in [0.2, 0.25) is 0 Å². The Morgan fingerprint density at radius 2 is 2.18 bits per heavy atom. The van der Waals surface area contributed by atoms with E-state index in [0.717, 1.165) is 5.56 Å². The van der Waals surface area contributed by atoms with Crippen LogP contribution in [0.2, 0.25) is 0 Å². The molecule has 1 aromatic carbocycles. The topological polar surface area (TPSA) is 60.8 Å². The van der Waals surface area contributed by atoms with E-state index in [2.05, 4.69) is 0 Å². The van der Waals surface area contributed by atoms with Gasteiger partial charge in [-0.1, -0.05) is 6.07 Å². The van der Waals surface area contributed by atoms with Gasteiger partial charge in [0.15, 0.2) is 0 Å². The van der Waals surface area contributed by atoms with E-state index < -0.39 is 11.6 Å². The third-order valence-electron chi connectivity index (χ3n) is 3.18. The summed E-state index contributed by atoms with van der Waals surface area (Å²) in [5.74, 6) is -0.924. The molecular weight excluding hydrogens is 218 g/mol. The fourth-order valence-corrected chi connectivity index (χ4v) is 2.23. The molecule has 17 heavy (non-hydrogen) atoms. The molecule has 4 nitrogen and oxygen atoms in total. The fraction of sp³-hybridized carbons (Fsp3) is 0.462. The van der Waals surface area contributed by atoms with Crippen LogP contribution < -0.4 is 4.90 Å². The molecule has 1 atom stereocenters. The van der Waals surface area contributed by atoms with Crippen LogP contribution in [0.5, 0.6) is 0 Å². The summed E-state index contributed by atoms with van der Waals surface area (Å²) in [7, 11) is 0. The molecule has 1 aliphatic rings. The predicted octanol–water partition coefficient (Wildman–Crippen LogP) is 1.65. The van der Waals surface area contributed by atoms with Gasteiger partial charge < -0.3 is 15.1 Å². The van der Waals surface area contributed by atoms with Crippen LogP contribution in [-0.4, -0.2) is 34.9 Å². The van der Waals surface area contributed by atoms with Crippen molar-refractivity contribution in [3.05, 3.63) is 29.3 Å². The lowest BCUT2D eigenvalue weighted by molar-refractivity contribution is 0.0695. The van der Waals surface area contributed by atoms with Crippen LogP contribution in [0.15, 0.2) is 18.2 Å². The second-order valence-corrected chi connectivity index (χ2v) is 4.99. The third-order valence-corrected chi connectivity index (χ3v) is 3.18. The molecule has 1 unspecified atom stereocenters. The van der Waals surface area contributed by atoms with Gasteiger partial charge in [0.1, 0.15) is 0 Å². The zero-order valence-corrected chi connectivity index (χ0v) is 10.1. The first-order valence-corrected chi connectivity index (χ1v) is 5.70. The highest BCUT2D eigenvalue weighted by Gasteiger charge is 2.32. The van der Waals surface area contributed by atoms with Crippen LogP contribution in [0, 0.1) is 6.92 Å². The summed E-state index contributed by atoms with van der Waals surface area (Å²) in [6, 6.07) is 5.28. The minimum atomic E-state index is -0.924. The molecule has 1 saturated heterocycles. The molecule has 2 N–H and O–H groups in total. The summed E-state index contributed by atoms with van der Waals surface area (Å²) in [6.45, 7) is 4.89. The summed E-state index contributed by atoms with van der Waals surface area (Å²) in [5.41, 5.74) is 1.31. The summed E-state index contributed by atoms with van der Waals surface area (Å²) < 4.78 is 0. The van der Waals surface area contributed by atoms with E-state index >= 15 is 0 Å². The van der Waals surface area contributed by atoms with Gasteiger partial charge >= 0.3 is 5.97 Å². The van der Waals surface area contributed by atoms with E-state index in [-0.39, 0.29) is 0 Å². The molecule has 0 spiro atoms. The monoisotopic (exact) mass is 235 g/mol. The first kappa shape index (κ1) is 11.9. The number of carbonyl (C=O) groups is 1. The van der Waals surface area contributed by atoms with E-state index in [1.165, 1.54) is 0 Å². The maximum absolute atomic E-state index is 11.2. The predicted molar refractivity (Wildman–Crippen MR) is 65.6 cm³/mol.